The van der Waals surface area contributed by atoms with Gasteiger partial charge in [0.05, 0.1) is 42.7 Å². The van der Waals surface area contributed by atoms with Crippen LogP contribution in [0.15, 0.2) is 54.1 Å². The van der Waals surface area contributed by atoms with Gasteiger partial charge in [-0.15, -0.1) is 0 Å². The van der Waals surface area contributed by atoms with Gasteiger partial charge in [0.2, 0.25) is 0 Å². The number of anilines is 1. The van der Waals surface area contributed by atoms with Crippen LogP contribution in [0.1, 0.15) is 40.8 Å². The third kappa shape index (κ3) is 4.56. The van der Waals surface area contributed by atoms with Gasteiger partial charge in [-0.25, -0.2) is 4.98 Å². The largest absolute Gasteiger partial charge is 0.507 e. The zero-order chi connectivity index (χ0) is 28.7. The fourth-order valence-corrected chi connectivity index (χ4v) is 6.29. The Morgan fingerprint density at radius 2 is 1.68 bits per heavy atom. The summed E-state index contributed by atoms with van der Waals surface area (Å²) >= 11 is 1.33. The Morgan fingerprint density at radius 3 is 2.35 bits per heavy atom. The molecule has 4 aromatic rings. The minimum Gasteiger partial charge on any atom is -0.507 e. The lowest BCUT2D eigenvalue weighted by Crippen LogP contribution is -2.29. The summed E-state index contributed by atoms with van der Waals surface area (Å²) in [5.41, 5.74) is 4.52. The SMILES string of the molecule is CCOc1ccc([C@@H]2C(=C(O)c3ccc(OC)c(C)c3)C(=O)C(=O)N2c2nc3c(C)cc(C)cc3s2)cc1OC. The Morgan fingerprint density at radius 1 is 0.950 bits per heavy atom. The molecule has 1 aliphatic heterocycles. The number of thiazole rings is 1. The highest BCUT2D eigenvalue weighted by Gasteiger charge is 2.48. The highest BCUT2D eigenvalue weighted by molar-refractivity contribution is 7.22. The first-order chi connectivity index (χ1) is 19.2. The molecule has 2 heterocycles. The summed E-state index contributed by atoms with van der Waals surface area (Å²) in [6, 6.07) is 13.4. The summed E-state index contributed by atoms with van der Waals surface area (Å²) in [5, 5.41) is 11.9. The molecule has 9 heteroatoms. The van der Waals surface area contributed by atoms with Gasteiger partial charge >= 0.3 is 5.91 Å². The standard InChI is InChI=1S/C31H30N2O6S/c1-7-39-22-11-8-19(15-23(22)38-6)27-25(28(34)20-9-10-21(37-5)17(3)14-20)29(35)30(36)33(27)31-32-26-18(4)12-16(2)13-24(26)40-31/h8-15,27,34H,7H2,1-6H3/t27-/m1/s1. The Labute approximate surface area is 236 Å². The van der Waals surface area contributed by atoms with E-state index in [0.29, 0.717) is 40.1 Å². The number of aryl methyl sites for hydroxylation is 3. The maximum atomic E-state index is 13.7. The Bertz CT molecular complexity index is 1690. The Hall–Kier alpha value is -4.37. The van der Waals surface area contributed by atoms with E-state index in [9.17, 15) is 14.7 Å². The molecule has 1 amide bonds. The number of ether oxygens (including phenoxy) is 3. The Balaban J connectivity index is 1.75. The fourth-order valence-electron chi connectivity index (χ4n) is 5.12. The lowest BCUT2D eigenvalue weighted by atomic mass is 9.94. The molecule has 0 radical (unpaired) electrons. The summed E-state index contributed by atoms with van der Waals surface area (Å²) in [6.45, 7) is 8.12. The van der Waals surface area contributed by atoms with E-state index in [1.54, 1.807) is 43.5 Å². The van der Waals surface area contributed by atoms with Gasteiger partial charge in [-0.3, -0.25) is 14.5 Å². The molecule has 1 aromatic heterocycles. The summed E-state index contributed by atoms with van der Waals surface area (Å²) in [4.78, 5) is 33.5. The number of nitrogens with zero attached hydrogens (tertiary/aromatic N) is 2. The van der Waals surface area contributed by atoms with E-state index in [-0.39, 0.29) is 11.3 Å². The van der Waals surface area contributed by atoms with Crippen LogP contribution in [-0.4, -0.2) is 42.6 Å². The van der Waals surface area contributed by atoms with Crippen LogP contribution >= 0.6 is 11.3 Å². The van der Waals surface area contributed by atoms with E-state index < -0.39 is 17.7 Å². The zero-order valence-electron chi connectivity index (χ0n) is 23.2. The molecule has 0 unspecified atom stereocenters. The molecule has 0 aliphatic carbocycles. The number of fused-ring (bicyclic) bond motifs is 1. The van der Waals surface area contributed by atoms with Crippen LogP contribution in [0.2, 0.25) is 0 Å². The van der Waals surface area contributed by atoms with E-state index in [2.05, 4.69) is 0 Å². The van der Waals surface area contributed by atoms with Crippen molar-refractivity contribution in [3.8, 4) is 17.2 Å². The molecule has 1 saturated heterocycles. The zero-order valence-corrected chi connectivity index (χ0v) is 24.0. The van der Waals surface area contributed by atoms with Crippen molar-refractivity contribution in [2.24, 2.45) is 0 Å². The highest BCUT2D eigenvalue weighted by Crippen LogP contribution is 2.46. The maximum Gasteiger partial charge on any atom is 0.301 e. The van der Waals surface area contributed by atoms with Crippen molar-refractivity contribution in [3.05, 3.63) is 81.9 Å². The third-order valence-electron chi connectivity index (χ3n) is 6.94. The number of carbonyl (C=O) groups is 2. The van der Waals surface area contributed by atoms with Gasteiger partial charge < -0.3 is 19.3 Å². The second kappa shape index (κ2) is 10.7. The summed E-state index contributed by atoms with van der Waals surface area (Å²) in [7, 11) is 3.09. The lowest BCUT2D eigenvalue weighted by molar-refractivity contribution is -0.132. The number of hydrogen-bond acceptors (Lipinski definition) is 8. The van der Waals surface area contributed by atoms with Gasteiger partial charge in [0.25, 0.3) is 5.78 Å². The van der Waals surface area contributed by atoms with Crippen LogP contribution in [0.4, 0.5) is 5.13 Å². The molecule has 1 atom stereocenters. The van der Waals surface area contributed by atoms with Gasteiger partial charge in [-0.05, 0) is 86.3 Å². The molecule has 1 N–H and O–H groups in total. The number of hydrogen-bond donors (Lipinski definition) is 1. The molecule has 8 nitrogen and oxygen atoms in total. The van der Waals surface area contributed by atoms with E-state index in [4.69, 9.17) is 19.2 Å². The van der Waals surface area contributed by atoms with E-state index in [1.165, 1.54) is 23.3 Å². The average molecular weight is 559 g/mol. The van der Waals surface area contributed by atoms with E-state index in [0.717, 1.165) is 26.9 Å². The number of aromatic nitrogens is 1. The van der Waals surface area contributed by atoms with Gasteiger partial charge in [-0.1, -0.05) is 23.5 Å². The van der Waals surface area contributed by atoms with E-state index in [1.807, 2.05) is 39.8 Å². The van der Waals surface area contributed by atoms with Gasteiger partial charge in [0.15, 0.2) is 16.6 Å². The molecule has 40 heavy (non-hydrogen) atoms. The first-order valence-corrected chi connectivity index (χ1v) is 13.6. The van der Waals surface area contributed by atoms with Gasteiger partial charge in [0.1, 0.15) is 11.5 Å². The molecular weight excluding hydrogens is 528 g/mol. The van der Waals surface area contributed by atoms with Gasteiger partial charge in [-0.2, -0.15) is 0 Å². The first kappa shape index (κ1) is 27.2. The van der Waals surface area contributed by atoms with Crippen LogP contribution in [0.5, 0.6) is 17.2 Å². The van der Waals surface area contributed by atoms with E-state index >= 15 is 0 Å². The number of ketones is 1. The minimum atomic E-state index is -0.950. The first-order valence-electron chi connectivity index (χ1n) is 12.8. The molecular formula is C31H30N2O6S. The molecule has 206 valence electrons. The van der Waals surface area contributed by atoms with Crippen LogP contribution in [0.25, 0.3) is 16.0 Å². The van der Waals surface area contributed by atoms with Gasteiger partial charge in [0, 0.05) is 5.56 Å². The number of Topliss-reactive ketones (excluding diaryl/α,β-unsaturated/α-hetero) is 1. The second-order valence-corrected chi connectivity index (χ2v) is 10.6. The molecule has 0 bridgehead atoms. The fraction of sp³-hybridized carbons (Fsp3) is 0.258. The van der Waals surface area contributed by atoms with Crippen LogP contribution in [-0.2, 0) is 9.59 Å². The molecule has 0 saturated carbocycles. The number of rotatable bonds is 7. The van der Waals surface area contributed by atoms with Crippen molar-refractivity contribution >= 4 is 44.1 Å². The Kier molecular flexibility index (Phi) is 7.25. The smallest absolute Gasteiger partial charge is 0.301 e. The predicted molar refractivity (Wildman–Crippen MR) is 156 cm³/mol. The van der Waals surface area contributed by atoms with Crippen molar-refractivity contribution in [1.82, 2.24) is 4.98 Å². The molecule has 1 fully saturated rings. The maximum absolute atomic E-state index is 13.7. The topological polar surface area (TPSA) is 98.2 Å². The van der Waals surface area contributed by atoms with Crippen molar-refractivity contribution < 1.29 is 28.9 Å². The number of carbonyl (C=O) groups excluding carboxylic acids is 2. The monoisotopic (exact) mass is 558 g/mol. The van der Waals surface area contributed by atoms with Crippen molar-refractivity contribution in [2.75, 3.05) is 25.7 Å². The molecule has 1 aliphatic rings. The highest BCUT2D eigenvalue weighted by atomic mass is 32.1. The second-order valence-electron chi connectivity index (χ2n) is 9.62. The summed E-state index contributed by atoms with van der Waals surface area (Å²) in [6.07, 6.45) is 0. The lowest BCUT2D eigenvalue weighted by Gasteiger charge is -2.24. The summed E-state index contributed by atoms with van der Waals surface area (Å²) < 4.78 is 17.5. The number of benzene rings is 3. The van der Waals surface area contributed by atoms with Crippen LogP contribution < -0.4 is 19.1 Å². The number of aliphatic hydroxyl groups excluding tert-OH is 1. The average Bonchev–Trinajstić information content (AvgIpc) is 3.47. The van der Waals surface area contributed by atoms with Crippen molar-refractivity contribution in [1.29, 1.82) is 0 Å². The number of amides is 1. The minimum absolute atomic E-state index is 0.0343. The van der Waals surface area contributed by atoms with Crippen molar-refractivity contribution in [2.45, 2.75) is 33.7 Å². The normalized spacial score (nSPS) is 16.6. The number of aliphatic hydroxyl groups is 1. The molecule has 3 aromatic carbocycles. The molecule has 0 spiro atoms. The third-order valence-corrected chi connectivity index (χ3v) is 7.94. The predicted octanol–water partition coefficient (Wildman–Crippen LogP) is 6.26. The molecule has 5 rings (SSSR count). The van der Waals surface area contributed by atoms with Crippen LogP contribution in [0, 0.1) is 20.8 Å². The summed E-state index contributed by atoms with van der Waals surface area (Å²) in [5.74, 6) is -0.222. The van der Waals surface area contributed by atoms with Crippen LogP contribution in [0.3, 0.4) is 0 Å². The van der Waals surface area contributed by atoms with Crippen molar-refractivity contribution in [3.63, 3.8) is 0 Å². The quantitative estimate of drug-likeness (QED) is 0.162. The number of methoxy groups -OCH3 is 2.